The van der Waals surface area contributed by atoms with Gasteiger partial charge in [0.1, 0.15) is 11.7 Å². The fourth-order valence-electron chi connectivity index (χ4n) is 0.702. The van der Waals surface area contributed by atoms with E-state index in [1.807, 2.05) is 0 Å². The number of aromatic amines is 1. The lowest BCUT2D eigenvalue weighted by atomic mass is 10.3. The maximum Gasteiger partial charge on any atom is 0.136 e. The van der Waals surface area contributed by atoms with Crippen LogP contribution >= 0.6 is 0 Å². The molecule has 0 saturated heterocycles. The first-order valence-corrected chi connectivity index (χ1v) is 3.01. The number of rotatable bonds is 3. The van der Waals surface area contributed by atoms with Gasteiger partial charge in [-0.2, -0.15) is 5.10 Å². The van der Waals surface area contributed by atoms with Gasteiger partial charge in [-0.3, -0.25) is 10.5 Å². The van der Waals surface area contributed by atoms with Crippen molar-refractivity contribution in [2.75, 3.05) is 5.32 Å². The minimum atomic E-state index is -0.0249. The fourth-order valence-corrected chi connectivity index (χ4v) is 0.702. The quantitative estimate of drug-likeness (QED) is 0.368. The molecule has 0 aromatic carbocycles. The molecule has 5 N–H and O–H groups in total. The Labute approximate surface area is 63.8 Å². The SMILES string of the molecule is C=CNc1[nH]ncc1C(=N)N. The second-order valence-electron chi connectivity index (χ2n) is 1.92. The van der Waals surface area contributed by atoms with E-state index in [4.69, 9.17) is 11.1 Å². The van der Waals surface area contributed by atoms with E-state index < -0.39 is 0 Å². The Hall–Kier alpha value is -1.78. The first kappa shape index (κ1) is 7.33. The summed E-state index contributed by atoms with van der Waals surface area (Å²) in [4.78, 5) is 0. The summed E-state index contributed by atoms with van der Waals surface area (Å²) in [5.41, 5.74) is 5.78. The van der Waals surface area contributed by atoms with Crippen LogP contribution in [-0.4, -0.2) is 16.0 Å². The molecule has 5 heteroatoms. The molecule has 1 heterocycles. The van der Waals surface area contributed by atoms with Crippen LogP contribution in [0.5, 0.6) is 0 Å². The first-order valence-electron chi connectivity index (χ1n) is 3.01. The van der Waals surface area contributed by atoms with Gasteiger partial charge in [-0.05, 0) is 6.20 Å². The van der Waals surface area contributed by atoms with E-state index in [2.05, 4.69) is 22.1 Å². The van der Waals surface area contributed by atoms with Crippen molar-refractivity contribution in [3.63, 3.8) is 0 Å². The van der Waals surface area contributed by atoms with E-state index in [0.717, 1.165) is 0 Å². The van der Waals surface area contributed by atoms with Gasteiger partial charge in [0.05, 0.1) is 11.8 Å². The molecule has 0 aliphatic rings. The Balaban J connectivity index is 2.95. The number of anilines is 1. The van der Waals surface area contributed by atoms with Crippen molar-refractivity contribution in [1.82, 2.24) is 10.2 Å². The number of H-pyrrole nitrogens is 1. The molecule has 0 fully saturated rings. The number of hydrogen-bond acceptors (Lipinski definition) is 3. The monoisotopic (exact) mass is 151 g/mol. The average molecular weight is 151 g/mol. The zero-order valence-corrected chi connectivity index (χ0v) is 5.89. The van der Waals surface area contributed by atoms with Gasteiger partial charge in [0, 0.05) is 0 Å². The van der Waals surface area contributed by atoms with E-state index in [-0.39, 0.29) is 5.84 Å². The summed E-state index contributed by atoms with van der Waals surface area (Å²) in [5, 5.41) is 16.2. The highest BCUT2D eigenvalue weighted by molar-refractivity contribution is 5.99. The average Bonchev–Trinajstić information content (AvgIpc) is 2.36. The zero-order chi connectivity index (χ0) is 8.27. The van der Waals surface area contributed by atoms with Crippen LogP contribution in [-0.2, 0) is 0 Å². The van der Waals surface area contributed by atoms with Crippen LogP contribution in [0, 0.1) is 5.41 Å². The van der Waals surface area contributed by atoms with Gasteiger partial charge in [-0.25, -0.2) is 0 Å². The van der Waals surface area contributed by atoms with Gasteiger partial charge in [-0.15, -0.1) is 0 Å². The second-order valence-corrected chi connectivity index (χ2v) is 1.92. The lowest BCUT2D eigenvalue weighted by molar-refractivity contribution is 1.09. The largest absolute Gasteiger partial charge is 0.384 e. The third-order valence-electron chi connectivity index (χ3n) is 1.18. The molecule has 0 spiro atoms. The van der Waals surface area contributed by atoms with Crippen LogP contribution in [0.1, 0.15) is 5.56 Å². The summed E-state index contributed by atoms with van der Waals surface area (Å²) in [7, 11) is 0. The molecular weight excluding hydrogens is 142 g/mol. The highest BCUT2D eigenvalue weighted by atomic mass is 15.2. The van der Waals surface area contributed by atoms with Crippen LogP contribution in [0.4, 0.5) is 5.82 Å². The van der Waals surface area contributed by atoms with Crippen LogP contribution < -0.4 is 11.1 Å². The van der Waals surface area contributed by atoms with E-state index >= 15 is 0 Å². The predicted octanol–water partition coefficient (Wildman–Crippen LogP) is 0.249. The van der Waals surface area contributed by atoms with Crippen molar-refractivity contribution in [1.29, 1.82) is 5.41 Å². The van der Waals surface area contributed by atoms with Crippen molar-refractivity contribution < 1.29 is 0 Å². The smallest absolute Gasteiger partial charge is 0.136 e. The van der Waals surface area contributed by atoms with Gasteiger partial charge in [0.2, 0.25) is 0 Å². The van der Waals surface area contributed by atoms with Crippen molar-refractivity contribution in [2.45, 2.75) is 0 Å². The molecule has 5 nitrogen and oxygen atoms in total. The number of nitrogens with two attached hydrogens (primary N) is 1. The number of nitrogens with zero attached hydrogens (tertiary/aromatic N) is 1. The Morgan fingerprint density at radius 2 is 2.64 bits per heavy atom. The topological polar surface area (TPSA) is 90.6 Å². The molecule has 0 aliphatic heterocycles. The third-order valence-corrected chi connectivity index (χ3v) is 1.18. The zero-order valence-electron chi connectivity index (χ0n) is 5.89. The predicted molar refractivity (Wildman–Crippen MR) is 43.4 cm³/mol. The van der Waals surface area contributed by atoms with E-state index in [0.29, 0.717) is 11.4 Å². The molecule has 1 aromatic rings. The molecule has 0 aliphatic carbocycles. The second kappa shape index (κ2) is 2.87. The van der Waals surface area contributed by atoms with Crippen LogP contribution in [0.3, 0.4) is 0 Å². The lowest BCUT2D eigenvalue weighted by Crippen LogP contribution is -2.11. The molecule has 58 valence electrons. The normalized spacial score (nSPS) is 9.09. The van der Waals surface area contributed by atoms with Crippen molar-refractivity contribution >= 4 is 11.7 Å². The Bertz CT molecular complexity index is 274. The van der Waals surface area contributed by atoms with Crippen molar-refractivity contribution in [3.05, 3.63) is 24.5 Å². The fraction of sp³-hybridized carbons (Fsp3) is 0. The molecule has 1 aromatic heterocycles. The van der Waals surface area contributed by atoms with E-state index in [1.54, 1.807) is 0 Å². The third kappa shape index (κ3) is 1.37. The Morgan fingerprint density at radius 1 is 1.91 bits per heavy atom. The molecule has 0 atom stereocenters. The number of nitrogens with one attached hydrogen (secondary N) is 3. The summed E-state index contributed by atoms with van der Waals surface area (Å²) < 4.78 is 0. The summed E-state index contributed by atoms with van der Waals surface area (Å²) in [6, 6.07) is 0. The molecule has 0 amide bonds. The Morgan fingerprint density at radius 3 is 3.18 bits per heavy atom. The van der Waals surface area contributed by atoms with Crippen molar-refractivity contribution in [2.24, 2.45) is 5.73 Å². The summed E-state index contributed by atoms with van der Waals surface area (Å²) in [6.45, 7) is 3.47. The standard InChI is InChI=1S/C6H9N5/c1-2-9-6-4(5(7)8)3-10-11-6/h2-3H,1H2,(H3,7,8)(H2,9,10,11). The molecule has 0 unspecified atom stereocenters. The van der Waals surface area contributed by atoms with Gasteiger partial charge >= 0.3 is 0 Å². The maximum atomic E-state index is 7.11. The minimum Gasteiger partial charge on any atom is -0.384 e. The molecule has 11 heavy (non-hydrogen) atoms. The van der Waals surface area contributed by atoms with Crippen LogP contribution in [0.15, 0.2) is 19.0 Å². The van der Waals surface area contributed by atoms with Crippen molar-refractivity contribution in [3.8, 4) is 0 Å². The number of hydrogen-bond donors (Lipinski definition) is 4. The summed E-state index contributed by atoms with van der Waals surface area (Å²) in [6.07, 6.45) is 2.97. The summed E-state index contributed by atoms with van der Waals surface area (Å²) >= 11 is 0. The van der Waals surface area contributed by atoms with Crippen LogP contribution in [0.25, 0.3) is 0 Å². The first-order chi connectivity index (χ1) is 5.25. The highest BCUT2D eigenvalue weighted by Gasteiger charge is 2.04. The van der Waals surface area contributed by atoms with E-state index in [9.17, 15) is 0 Å². The van der Waals surface area contributed by atoms with Gasteiger partial charge in [0.15, 0.2) is 0 Å². The van der Waals surface area contributed by atoms with E-state index in [1.165, 1.54) is 12.4 Å². The molecule has 0 bridgehead atoms. The van der Waals surface area contributed by atoms with Gasteiger partial charge in [-0.1, -0.05) is 6.58 Å². The van der Waals surface area contributed by atoms with Crippen LogP contribution in [0.2, 0.25) is 0 Å². The van der Waals surface area contributed by atoms with Gasteiger partial charge in [0.25, 0.3) is 0 Å². The Kier molecular flexibility index (Phi) is 1.91. The molecule has 0 saturated carbocycles. The number of aromatic nitrogens is 2. The van der Waals surface area contributed by atoms with Gasteiger partial charge < -0.3 is 11.1 Å². The minimum absolute atomic E-state index is 0.0249. The molecule has 0 radical (unpaired) electrons. The number of amidine groups is 1. The summed E-state index contributed by atoms with van der Waals surface area (Å²) in [5.74, 6) is 0.565. The lowest BCUT2D eigenvalue weighted by Gasteiger charge is -1.98. The highest BCUT2D eigenvalue weighted by Crippen LogP contribution is 2.08. The number of nitrogen functional groups attached to an aromatic ring is 1. The maximum absolute atomic E-state index is 7.11. The molecular formula is C6H9N5. The molecule has 1 rings (SSSR count).